The zero-order chi connectivity index (χ0) is 21.2. The molecule has 0 aliphatic carbocycles. The van der Waals surface area contributed by atoms with E-state index in [0.29, 0.717) is 30.8 Å². The van der Waals surface area contributed by atoms with Crippen LogP contribution in [0, 0.1) is 5.95 Å². The van der Waals surface area contributed by atoms with Gasteiger partial charge in [-0.1, -0.05) is 36.4 Å². The van der Waals surface area contributed by atoms with Crippen molar-refractivity contribution >= 4 is 16.8 Å². The summed E-state index contributed by atoms with van der Waals surface area (Å²) in [5.74, 6) is -0.0298. The number of carbonyl (C=O) groups excluding carboxylic acids is 1. The van der Waals surface area contributed by atoms with Crippen LogP contribution in [0.4, 0.5) is 4.39 Å². The standard InChI is InChI=1S/C25H20FN3O2/c26-23-11-8-17(14-27-23)16-31-22-7-3-5-19-15-29(25(30)24(19)22)13-12-20-10-9-18-4-1-2-6-21(18)28-20/h1-11,14H,12-13,15-16H2. The van der Waals surface area contributed by atoms with Gasteiger partial charge in [0, 0.05) is 42.4 Å². The molecule has 2 aromatic heterocycles. The average Bonchev–Trinajstić information content (AvgIpc) is 3.13. The predicted octanol–water partition coefficient (Wildman–Crippen LogP) is 4.55. The van der Waals surface area contributed by atoms with Crippen molar-refractivity contribution in [1.29, 1.82) is 0 Å². The molecule has 2 aromatic carbocycles. The topological polar surface area (TPSA) is 55.3 Å². The molecule has 4 aromatic rings. The zero-order valence-electron chi connectivity index (χ0n) is 16.8. The number of rotatable bonds is 6. The first kappa shape index (κ1) is 19.2. The van der Waals surface area contributed by atoms with Crippen LogP contribution in [-0.2, 0) is 19.6 Å². The lowest BCUT2D eigenvalue weighted by Crippen LogP contribution is -2.26. The van der Waals surface area contributed by atoms with Crippen LogP contribution in [0.5, 0.6) is 5.75 Å². The molecule has 0 N–H and O–H groups in total. The molecule has 1 aliphatic rings. The number of hydrogen-bond donors (Lipinski definition) is 0. The van der Waals surface area contributed by atoms with Crippen LogP contribution in [0.25, 0.3) is 10.9 Å². The fourth-order valence-corrected chi connectivity index (χ4v) is 3.84. The van der Waals surface area contributed by atoms with Crippen molar-refractivity contribution in [2.75, 3.05) is 6.54 Å². The molecule has 0 fully saturated rings. The van der Waals surface area contributed by atoms with E-state index in [4.69, 9.17) is 9.72 Å². The number of aromatic nitrogens is 2. The fraction of sp³-hybridized carbons (Fsp3) is 0.160. The Labute approximate surface area is 179 Å². The average molecular weight is 413 g/mol. The molecule has 0 saturated heterocycles. The number of amides is 1. The Bertz CT molecular complexity index is 1260. The molecular formula is C25H20FN3O2. The highest BCUT2D eigenvalue weighted by Gasteiger charge is 2.30. The molecule has 0 saturated carbocycles. The summed E-state index contributed by atoms with van der Waals surface area (Å²) < 4.78 is 18.9. The number of nitrogens with zero attached hydrogens (tertiary/aromatic N) is 3. The number of benzene rings is 2. The van der Waals surface area contributed by atoms with Crippen molar-refractivity contribution in [3.63, 3.8) is 0 Å². The summed E-state index contributed by atoms with van der Waals surface area (Å²) in [4.78, 5) is 23.2. The molecule has 154 valence electrons. The SMILES string of the molecule is O=C1c2c(cccc2OCc2ccc(F)nc2)CN1CCc1ccc2ccccc2n1. The number of hydrogen-bond acceptors (Lipinski definition) is 4. The Hall–Kier alpha value is -3.80. The molecule has 0 unspecified atom stereocenters. The molecule has 5 rings (SSSR count). The summed E-state index contributed by atoms with van der Waals surface area (Å²) in [5.41, 5.74) is 4.21. The number of ether oxygens (including phenoxy) is 1. The van der Waals surface area contributed by atoms with E-state index in [2.05, 4.69) is 11.1 Å². The van der Waals surface area contributed by atoms with Gasteiger partial charge in [-0.25, -0.2) is 4.98 Å². The third-order valence-electron chi connectivity index (χ3n) is 5.45. The number of fused-ring (bicyclic) bond motifs is 2. The maximum Gasteiger partial charge on any atom is 0.258 e. The largest absolute Gasteiger partial charge is 0.488 e. The first-order valence-electron chi connectivity index (χ1n) is 10.2. The van der Waals surface area contributed by atoms with Gasteiger partial charge < -0.3 is 9.64 Å². The highest BCUT2D eigenvalue weighted by molar-refractivity contribution is 6.01. The van der Waals surface area contributed by atoms with E-state index in [1.165, 1.54) is 12.3 Å². The quantitative estimate of drug-likeness (QED) is 0.435. The second-order valence-electron chi connectivity index (χ2n) is 7.54. The molecule has 1 aliphatic heterocycles. The number of carbonyl (C=O) groups is 1. The van der Waals surface area contributed by atoms with Crippen LogP contribution in [-0.4, -0.2) is 27.3 Å². The maximum absolute atomic E-state index is 13.1. The first-order valence-corrected chi connectivity index (χ1v) is 10.2. The van der Waals surface area contributed by atoms with Gasteiger partial charge in [-0.2, -0.15) is 4.39 Å². The smallest absolute Gasteiger partial charge is 0.258 e. The molecule has 31 heavy (non-hydrogen) atoms. The Morgan fingerprint density at radius 2 is 1.90 bits per heavy atom. The minimum absolute atomic E-state index is 0.0383. The monoisotopic (exact) mass is 413 g/mol. The number of para-hydroxylation sites is 1. The molecule has 0 atom stereocenters. The minimum atomic E-state index is -0.531. The molecule has 0 bridgehead atoms. The minimum Gasteiger partial charge on any atom is -0.488 e. The zero-order valence-corrected chi connectivity index (χ0v) is 16.8. The van der Waals surface area contributed by atoms with E-state index in [-0.39, 0.29) is 12.5 Å². The van der Waals surface area contributed by atoms with E-state index >= 15 is 0 Å². The maximum atomic E-state index is 13.1. The van der Waals surface area contributed by atoms with Crippen molar-refractivity contribution in [1.82, 2.24) is 14.9 Å². The molecule has 3 heterocycles. The normalized spacial score (nSPS) is 12.9. The van der Waals surface area contributed by atoms with Gasteiger partial charge in [0.2, 0.25) is 5.95 Å². The second-order valence-corrected chi connectivity index (χ2v) is 7.54. The van der Waals surface area contributed by atoms with Crippen LogP contribution in [0.1, 0.15) is 27.2 Å². The van der Waals surface area contributed by atoms with Crippen molar-refractivity contribution < 1.29 is 13.9 Å². The summed E-state index contributed by atoms with van der Waals surface area (Å²) >= 11 is 0. The fourth-order valence-electron chi connectivity index (χ4n) is 3.84. The van der Waals surface area contributed by atoms with E-state index in [1.807, 2.05) is 47.4 Å². The van der Waals surface area contributed by atoms with Gasteiger partial charge in [0.1, 0.15) is 12.4 Å². The van der Waals surface area contributed by atoms with E-state index < -0.39 is 5.95 Å². The van der Waals surface area contributed by atoms with E-state index in [0.717, 1.165) is 27.7 Å². The number of halogens is 1. The van der Waals surface area contributed by atoms with Crippen LogP contribution in [0.15, 0.2) is 72.9 Å². The first-order chi connectivity index (χ1) is 15.2. The van der Waals surface area contributed by atoms with Crippen LogP contribution in [0.3, 0.4) is 0 Å². The highest BCUT2D eigenvalue weighted by atomic mass is 19.1. The van der Waals surface area contributed by atoms with Gasteiger partial charge in [-0.15, -0.1) is 0 Å². The van der Waals surface area contributed by atoms with Crippen LogP contribution >= 0.6 is 0 Å². The number of pyridine rings is 2. The van der Waals surface area contributed by atoms with Crippen molar-refractivity contribution in [2.24, 2.45) is 0 Å². The Kier molecular flexibility index (Phi) is 5.04. The van der Waals surface area contributed by atoms with Crippen LogP contribution < -0.4 is 4.74 Å². The predicted molar refractivity (Wildman–Crippen MR) is 115 cm³/mol. The van der Waals surface area contributed by atoms with Gasteiger partial charge >= 0.3 is 0 Å². The molecule has 0 spiro atoms. The lowest BCUT2D eigenvalue weighted by molar-refractivity contribution is 0.0776. The van der Waals surface area contributed by atoms with Gasteiger partial charge in [0.15, 0.2) is 0 Å². The van der Waals surface area contributed by atoms with Crippen molar-refractivity contribution in [3.05, 3.63) is 101 Å². The van der Waals surface area contributed by atoms with E-state index in [1.54, 1.807) is 12.1 Å². The van der Waals surface area contributed by atoms with Gasteiger partial charge in [0.25, 0.3) is 5.91 Å². The Morgan fingerprint density at radius 1 is 1.00 bits per heavy atom. The third kappa shape index (κ3) is 3.97. The Balaban J connectivity index is 1.28. The lowest BCUT2D eigenvalue weighted by atomic mass is 10.1. The van der Waals surface area contributed by atoms with Gasteiger partial charge in [-0.3, -0.25) is 9.78 Å². The summed E-state index contributed by atoms with van der Waals surface area (Å²) in [6.45, 7) is 1.36. The molecule has 5 nitrogen and oxygen atoms in total. The van der Waals surface area contributed by atoms with Crippen molar-refractivity contribution in [2.45, 2.75) is 19.6 Å². The van der Waals surface area contributed by atoms with Gasteiger partial charge in [0.05, 0.1) is 11.1 Å². The summed E-state index contributed by atoms with van der Waals surface area (Å²) in [6, 6.07) is 20.6. The Morgan fingerprint density at radius 3 is 2.77 bits per heavy atom. The van der Waals surface area contributed by atoms with Crippen molar-refractivity contribution in [3.8, 4) is 5.75 Å². The molecular weight excluding hydrogens is 393 g/mol. The van der Waals surface area contributed by atoms with E-state index in [9.17, 15) is 9.18 Å². The summed E-state index contributed by atoms with van der Waals surface area (Å²) in [5, 5.41) is 1.11. The van der Waals surface area contributed by atoms with Crippen LogP contribution in [0.2, 0.25) is 0 Å². The summed E-state index contributed by atoms with van der Waals surface area (Å²) in [7, 11) is 0. The summed E-state index contributed by atoms with van der Waals surface area (Å²) in [6.07, 6.45) is 2.12. The molecule has 6 heteroatoms. The second kappa shape index (κ2) is 8.14. The third-order valence-corrected chi connectivity index (χ3v) is 5.45. The molecule has 1 amide bonds. The lowest BCUT2D eigenvalue weighted by Gasteiger charge is -2.15. The van der Waals surface area contributed by atoms with Gasteiger partial charge in [-0.05, 0) is 35.9 Å². The molecule has 0 radical (unpaired) electrons. The highest BCUT2D eigenvalue weighted by Crippen LogP contribution is 2.31.